The summed E-state index contributed by atoms with van der Waals surface area (Å²) < 4.78 is 12.8. The molecule has 290 valence electrons. The number of furan rings is 2. The number of hydrogen-bond acceptors (Lipinski definition) is 4. The van der Waals surface area contributed by atoms with Gasteiger partial charge in [0.05, 0.1) is 11.4 Å². The summed E-state index contributed by atoms with van der Waals surface area (Å²) in [6.45, 7) is 0. The smallest absolute Gasteiger partial charge is 0.143 e. The van der Waals surface area contributed by atoms with Gasteiger partial charge in [0.2, 0.25) is 0 Å². The molecule has 0 aliphatic carbocycles. The first-order valence-electron chi connectivity index (χ1n) is 20.9. The molecule has 0 saturated carbocycles. The summed E-state index contributed by atoms with van der Waals surface area (Å²) >= 11 is 0. The first-order valence-corrected chi connectivity index (χ1v) is 20.9. The molecule has 0 atom stereocenters. The minimum absolute atomic E-state index is 0.819. The second-order valence-electron chi connectivity index (χ2n) is 15.7. The third kappa shape index (κ3) is 6.25. The maximum Gasteiger partial charge on any atom is 0.143 e. The van der Waals surface area contributed by atoms with Crippen molar-refractivity contribution >= 4 is 43.9 Å². The molecule has 0 amide bonds. The lowest BCUT2D eigenvalue weighted by atomic mass is 9.95. The van der Waals surface area contributed by atoms with E-state index >= 15 is 0 Å². The molecular formula is C58H36N2O2. The van der Waals surface area contributed by atoms with Crippen molar-refractivity contribution in [2.75, 3.05) is 0 Å². The van der Waals surface area contributed by atoms with Crippen molar-refractivity contribution in [3.63, 3.8) is 0 Å². The number of rotatable bonds is 7. The van der Waals surface area contributed by atoms with Crippen LogP contribution in [-0.4, -0.2) is 9.97 Å². The fourth-order valence-corrected chi connectivity index (χ4v) is 8.94. The van der Waals surface area contributed by atoms with Gasteiger partial charge in [0.25, 0.3) is 0 Å². The fourth-order valence-electron chi connectivity index (χ4n) is 8.94. The lowest BCUT2D eigenvalue weighted by Gasteiger charge is -2.11. The van der Waals surface area contributed by atoms with Crippen LogP contribution in [0.5, 0.6) is 0 Å². The zero-order valence-corrected chi connectivity index (χ0v) is 33.5. The van der Waals surface area contributed by atoms with Crippen LogP contribution in [0.25, 0.3) is 122 Å². The first kappa shape index (κ1) is 35.6. The van der Waals surface area contributed by atoms with E-state index in [1.165, 1.54) is 0 Å². The number of fused-ring (bicyclic) bond motifs is 6. The molecule has 4 aromatic heterocycles. The van der Waals surface area contributed by atoms with Crippen molar-refractivity contribution < 1.29 is 8.83 Å². The van der Waals surface area contributed by atoms with E-state index in [1.807, 2.05) is 36.7 Å². The van der Waals surface area contributed by atoms with Crippen LogP contribution in [0.3, 0.4) is 0 Å². The van der Waals surface area contributed by atoms with Gasteiger partial charge in [-0.2, -0.15) is 0 Å². The zero-order valence-electron chi connectivity index (χ0n) is 33.5. The third-order valence-electron chi connectivity index (χ3n) is 12.0. The lowest BCUT2D eigenvalue weighted by Crippen LogP contribution is -1.90. The average Bonchev–Trinajstić information content (AvgIpc) is 3.93. The Balaban J connectivity index is 0.833. The Morgan fingerprint density at radius 1 is 0.258 bits per heavy atom. The summed E-state index contributed by atoms with van der Waals surface area (Å²) in [5.74, 6) is 0. The van der Waals surface area contributed by atoms with Crippen LogP contribution in [0, 0.1) is 0 Å². The van der Waals surface area contributed by atoms with E-state index in [9.17, 15) is 0 Å². The highest BCUT2D eigenvalue weighted by Crippen LogP contribution is 2.39. The van der Waals surface area contributed by atoms with E-state index < -0.39 is 0 Å². The molecule has 0 unspecified atom stereocenters. The zero-order chi connectivity index (χ0) is 41.0. The van der Waals surface area contributed by atoms with Crippen molar-refractivity contribution in [1.29, 1.82) is 0 Å². The Morgan fingerprint density at radius 2 is 0.581 bits per heavy atom. The summed E-state index contributed by atoms with van der Waals surface area (Å²) in [5.41, 5.74) is 18.6. The van der Waals surface area contributed by atoms with Gasteiger partial charge >= 0.3 is 0 Å². The quantitative estimate of drug-likeness (QED) is 0.161. The molecule has 0 saturated heterocycles. The standard InChI is InChI=1S/C58H36N2O2/c1-3-25-55-49(19-1)51-23-9-21-47(57(51)61-55)45-17-7-15-41(33-45)37-11-5-13-39(31-37)43-27-29-59-53(35-43)54-36-44(28-30-60-54)40-14-6-12-38(32-40)42-16-8-18-46(34-42)48-22-10-24-52-50-20-2-4-26-56(50)62-58(48)52/h1-36H. The topological polar surface area (TPSA) is 52.1 Å². The van der Waals surface area contributed by atoms with Crippen LogP contribution >= 0.6 is 0 Å². The number of hydrogen-bond donors (Lipinski definition) is 0. The van der Waals surface area contributed by atoms with E-state index in [4.69, 9.17) is 18.8 Å². The predicted octanol–water partition coefficient (Wildman–Crippen LogP) is 15.9. The molecular weight excluding hydrogens is 757 g/mol. The van der Waals surface area contributed by atoms with Gasteiger partial charge in [0.15, 0.2) is 0 Å². The van der Waals surface area contributed by atoms with E-state index in [1.54, 1.807) is 0 Å². The number of aromatic nitrogens is 2. The van der Waals surface area contributed by atoms with Crippen molar-refractivity contribution in [3.8, 4) is 78.1 Å². The van der Waals surface area contributed by atoms with Crippen molar-refractivity contribution in [2.24, 2.45) is 0 Å². The van der Waals surface area contributed by atoms with Crippen LogP contribution in [0.4, 0.5) is 0 Å². The molecule has 0 fully saturated rings. The normalized spacial score (nSPS) is 11.5. The number of nitrogens with zero attached hydrogens (tertiary/aromatic N) is 2. The second-order valence-corrected chi connectivity index (χ2v) is 15.7. The molecule has 12 rings (SSSR count). The van der Waals surface area contributed by atoms with E-state index in [-0.39, 0.29) is 0 Å². The summed E-state index contributed by atoms with van der Waals surface area (Å²) in [6, 6.07) is 72.5. The van der Waals surface area contributed by atoms with Gasteiger partial charge in [0, 0.05) is 45.1 Å². The summed E-state index contributed by atoms with van der Waals surface area (Å²) in [5, 5.41) is 4.52. The molecule has 0 N–H and O–H groups in total. The Kier molecular flexibility index (Phi) is 8.46. The van der Waals surface area contributed by atoms with Crippen molar-refractivity contribution in [2.45, 2.75) is 0 Å². The van der Waals surface area contributed by atoms with Crippen molar-refractivity contribution in [1.82, 2.24) is 9.97 Å². The Hall–Kier alpha value is -8.34. The molecule has 8 aromatic carbocycles. The van der Waals surface area contributed by atoms with Crippen LogP contribution < -0.4 is 0 Å². The highest BCUT2D eigenvalue weighted by molar-refractivity contribution is 6.10. The molecule has 12 aromatic rings. The van der Waals surface area contributed by atoms with E-state index in [0.29, 0.717) is 0 Å². The van der Waals surface area contributed by atoms with Crippen LogP contribution in [0.1, 0.15) is 0 Å². The molecule has 0 bridgehead atoms. The maximum atomic E-state index is 6.39. The molecule has 4 nitrogen and oxygen atoms in total. The SMILES string of the molecule is c1cc(-c2cccc(-c3cccc4c3oc3ccccc34)c2)cc(-c2ccnc(-c3cc(-c4cccc(-c5cccc(-c6cccc7c6oc6ccccc67)c5)c4)ccn3)c2)c1. The predicted molar refractivity (Wildman–Crippen MR) is 255 cm³/mol. The Bertz CT molecular complexity index is 3430. The van der Waals surface area contributed by atoms with Gasteiger partial charge in [-0.3, -0.25) is 9.97 Å². The minimum atomic E-state index is 0.819. The number of pyridine rings is 2. The summed E-state index contributed by atoms with van der Waals surface area (Å²) in [6.07, 6.45) is 3.75. The molecule has 0 spiro atoms. The molecule has 0 aliphatic heterocycles. The van der Waals surface area contributed by atoms with E-state index in [2.05, 4.69) is 182 Å². The average molecular weight is 793 g/mol. The first-order chi connectivity index (χ1) is 30.7. The van der Waals surface area contributed by atoms with Crippen molar-refractivity contribution in [3.05, 3.63) is 219 Å². The van der Waals surface area contributed by atoms with Gasteiger partial charge in [-0.05, 0) is 116 Å². The highest BCUT2D eigenvalue weighted by atomic mass is 16.3. The fraction of sp³-hybridized carbons (Fsp3) is 0. The van der Waals surface area contributed by atoms with Gasteiger partial charge < -0.3 is 8.83 Å². The van der Waals surface area contributed by atoms with Gasteiger partial charge in [-0.25, -0.2) is 0 Å². The molecule has 62 heavy (non-hydrogen) atoms. The molecule has 0 radical (unpaired) electrons. The molecule has 4 heteroatoms. The third-order valence-corrected chi connectivity index (χ3v) is 12.0. The number of benzene rings is 8. The highest BCUT2D eigenvalue weighted by Gasteiger charge is 2.15. The van der Waals surface area contributed by atoms with Gasteiger partial charge in [-0.15, -0.1) is 0 Å². The number of para-hydroxylation sites is 4. The second kappa shape index (κ2) is 14.7. The largest absolute Gasteiger partial charge is 0.455 e. The Labute approximate surface area is 358 Å². The maximum absolute atomic E-state index is 6.39. The molecule has 0 aliphatic rings. The van der Waals surface area contributed by atoms with Crippen LogP contribution in [0.2, 0.25) is 0 Å². The van der Waals surface area contributed by atoms with Crippen LogP contribution in [-0.2, 0) is 0 Å². The summed E-state index contributed by atoms with van der Waals surface area (Å²) in [7, 11) is 0. The Morgan fingerprint density at radius 3 is 1.00 bits per heavy atom. The van der Waals surface area contributed by atoms with Crippen LogP contribution in [0.15, 0.2) is 227 Å². The van der Waals surface area contributed by atoms with Gasteiger partial charge in [-0.1, -0.05) is 146 Å². The van der Waals surface area contributed by atoms with E-state index in [0.717, 1.165) is 122 Å². The lowest BCUT2D eigenvalue weighted by molar-refractivity contribution is 0.669. The van der Waals surface area contributed by atoms with Gasteiger partial charge in [0.1, 0.15) is 22.3 Å². The monoisotopic (exact) mass is 792 g/mol. The minimum Gasteiger partial charge on any atom is -0.455 e. The molecule has 4 heterocycles. The summed E-state index contributed by atoms with van der Waals surface area (Å²) in [4.78, 5) is 9.59.